The number of ether oxygens (including phenoxy) is 1. The highest BCUT2D eigenvalue weighted by molar-refractivity contribution is 6.04. The molecule has 1 aromatic heterocycles. The van der Waals surface area contributed by atoms with Crippen molar-refractivity contribution < 1.29 is 22.7 Å². The summed E-state index contributed by atoms with van der Waals surface area (Å²) in [6.45, 7) is 0. The molecule has 0 bridgehead atoms. The van der Waals surface area contributed by atoms with Crippen LogP contribution in [-0.2, 0) is 0 Å². The summed E-state index contributed by atoms with van der Waals surface area (Å²) >= 11 is 0. The molecule has 138 valence electrons. The second kappa shape index (κ2) is 7.32. The van der Waals surface area contributed by atoms with E-state index in [4.69, 9.17) is 4.74 Å². The van der Waals surface area contributed by atoms with Gasteiger partial charge in [0.25, 0.3) is 11.5 Å². The van der Waals surface area contributed by atoms with Crippen LogP contribution in [-0.4, -0.2) is 22.8 Å². The number of benzene rings is 2. The van der Waals surface area contributed by atoms with Gasteiger partial charge in [0.1, 0.15) is 5.82 Å². The standard InChI is InChI=1S/C18H12F3N3O3/c1-27-15-9-16(25)24(12-5-2-10(19)3-6-12)23-17(15)18(26)22-11-4-7-13(20)14(21)8-11/h2-9H,1H3,(H,22,26). The minimum Gasteiger partial charge on any atom is -0.494 e. The van der Waals surface area contributed by atoms with Crippen LogP contribution in [0.2, 0.25) is 0 Å². The molecule has 1 N–H and O–H groups in total. The Morgan fingerprint density at radius 2 is 1.74 bits per heavy atom. The van der Waals surface area contributed by atoms with Crippen molar-refractivity contribution in [2.45, 2.75) is 0 Å². The Hall–Kier alpha value is -3.62. The molecule has 0 aliphatic heterocycles. The summed E-state index contributed by atoms with van der Waals surface area (Å²) in [4.78, 5) is 24.7. The molecule has 0 aliphatic rings. The van der Waals surface area contributed by atoms with Crippen LogP contribution < -0.4 is 15.6 Å². The van der Waals surface area contributed by atoms with E-state index in [0.717, 1.165) is 35.0 Å². The van der Waals surface area contributed by atoms with Crippen LogP contribution in [0.15, 0.2) is 53.3 Å². The monoisotopic (exact) mass is 375 g/mol. The zero-order valence-corrected chi connectivity index (χ0v) is 13.9. The van der Waals surface area contributed by atoms with Gasteiger partial charge >= 0.3 is 0 Å². The average molecular weight is 375 g/mol. The zero-order chi connectivity index (χ0) is 19.6. The zero-order valence-electron chi connectivity index (χ0n) is 13.9. The van der Waals surface area contributed by atoms with Crippen molar-refractivity contribution in [1.82, 2.24) is 9.78 Å². The Balaban J connectivity index is 2.01. The van der Waals surface area contributed by atoms with Crippen molar-refractivity contribution in [2.24, 2.45) is 0 Å². The minimum absolute atomic E-state index is 0.0118. The number of hydrogen-bond donors (Lipinski definition) is 1. The van der Waals surface area contributed by atoms with E-state index < -0.39 is 28.9 Å². The van der Waals surface area contributed by atoms with Crippen molar-refractivity contribution in [1.29, 1.82) is 0 Å². The van der Waals surface area contributed by atoms with Crippen molar-refractivity contribution in [3.8, 4) is 11.4 Å². The molecule has 0 atom stereocenters. The normalized spacial score (nSPS) is 10.5. The summed E-state index contributed by atoms with van der Waals surface area (Å²) in [6, 6.07) is 8.75. The van der Waals surface area contributed by atoms with Gasteiger partial charge in [-0.1, -0.05) is 0 Å². The number of amides is 1. The first kappa shape index (κ1) is 18.2. The van der Waals surface area contributed by atoms with Gasteiger partial charge in [0.05, 0.1) is 18.9 Å². The first-order chi connectivity index (χ1) is 12.9. The number of halogens is 3. The molecule has 3 aromatic rings. The molecule has 0 unspecified atom stereocenters. The predicted molar refractivity (Wildman–Crippen MR) is 90.7 cm³/mol. The molecule has 0 spiro atoms. The van der Waals surface area contributed by atoms with Gasteiger partial charge in [0.15, 0.2) is 23.1 Å². The number of anilines is 1. The summed E-state index contributed by atoms with van der Waals surface area (Å²) in [5.74, 6) is -3.62. The Labute approximate surface area is 150 Å². The Morgan fingerprint density at radius 3 is 2.37 bits per heavy atom. The molecule has 0 saturated heterocycles. The summed E-state index contributed by atoms with van der Waals surface area (Å²) in [5, 5.41) is 6.30. The lowest BCUT2D eigenvalue weighted by molar-refractivity contribution is 0.101. The first-order valence-electron chi connectivity index (χ1n) is 7.60. The molecule has 1 amide bonds. The Kier molecular flexibility index (Phi) is 4.93. The van der Waals surface area contributed by atoms with Crippen molar-refractivity contribution >= 4 is 11.6 Å². The molecular weight excluding hydrogens is 363 g/mol. The molecule has 0 radical (unpaired) electrons. The molecule has 9 heteroatoms. The van der Waals surface area contributed by atoms with E-state index in [9.17, 15) is 22.8 Å². The molecule has 3 rings (SSSR count). The molecule has 2 aromatic carbocycles. The number of methoxy groups -OCH3 is 1. The fourth-order valence-corrected chi connectivity index (χ4v) is 2.28. The van der Waals surface area contributed by atoms with Gasteiger partial charge in [-0.05, 0) is 36.4 Å². The average Bonchev–Trinajstić information content (AvgIpc) is 2.65. The predicted octanol–water partition coefficient (Wildman–Crippen LogP) is 2.91. The molecule has 0 aliphatic carbocycles. The fourth-order valence-electron chi connectivity index (χ4n) is 2.28. The number of rotatable bonds is 4. The quantitative estimate of drug-likeness (QED) is 0.761. The van der Waals surface area contributed by atoms with E-state index in [1.54, 1.807) is 0 Å². The maximum atomic E-state index is 13.3. The van der Waals surface area contributed by atoms with E-state index in [2.05, 4.69) is 10.4 Å². The van der Waals surface area contributed by atoms with Gasteiger partial charge in [0.2, 0.25) is 0 Å². The highest BCUT2D eigenvalue weighted by atomic mass is 19.2. The van der Waals surface area contributed by atoms with E-state index >= 15 is 0 Å². The van der Waals surface area contributed by atoms with Crippen LogP contribution >= 0.6 is 0 Å². The summed E-state index contributed by atoms with van der Waals surface area (Å²) in [7, 11) is 1.24. The van der Waals surface area contributed by atoms with Gasteiger partial charge in [-0.25, -0.2) is 13.2 Å². The van der Waals surface area contributed by atoms with Gasteiger partial charge in [-0.3, -0.25) is 9.59 Å². The smallest absolute Gasteiger partial charge is 0.280 e. The third-order valence-corrected chi connectivity index (χ3v) is 3.58. The fraction of sp³-hybridized carbons (Fsp3) is 0.0556. The van der Waals surface area contributed by atoms with Gasteiger partial charge in [-0.15, -0.1) is 0 Å². The molecule has 0 saturated carbocycles. The third-order valence-electron chi connectivity index (χ3n) is 3.58. The molecule has 27 heavy (non-hydrogen) atoms. The van der Waals surface area contributed by atoms with Crippen LogP contribution in [0.25, 0.3) is 5.69 Å². The van der Waals surface area contributed by atoms with Crippen LogP contribution in [0.3, 0.4) is 0 Å². The number of nitrogens with one attached hydrogen (secondary N) is 1. The Morgan fingerprint density at radius 1 is 1.04 bits per heavy atom. The van der Waals surface area contributed by atoms with E-state index in [-0.39, 0.29) is 22.8 Å². The number of nitrogens with zero attached hydrogens (tertiary/aromatic N) is 2. The van der Waals surface area contributed by atoms with Gasteiger partial charge < -0.3 is 10.1 Å². The highest BCUT2D eigenvalue weighted by Crippen LogP contribution is 2.18. The number of carbonyl (C=O) groups is 1. The van der Waals surface area contributed by atoms with Crippen molar-refractivity contribution in [2.75, 3.05) is 12.4 Å². The van der Waals surface area contributed by atoms with Crippen LogP contribution in [0.5, 0.6) is 5.75 Å². The van der Waals surface area contributed by atoms with Crippen molar-refractivity contribution in [3.05, 3.63) is 82.0 Å². The molecular formula is C18H12F3N3O3. The van der Waals surface area contributed by atoms with Crippen LogP contribution in [0, 0.1) is 17.5 Å². The Bertz CT molecular complexity index is 1070. The number of carbonyl (C=O) groups excluding carboxylic acids is 1. The highest BCUT2D eigenvalue weighted by Gasteiger charge is 2.19. The van der Waals surface area contributed by atoms with E-state index in [1.807, 2.05) is 0 Å². The number of aromatic nitrogens is 2. The topological polar surface area (TPSA) is 73.2 Å². The van der Waals surface area contributed by atoms with E-state index in [1.165, 1.54) is 25.3 Å². The lowest BCUT2D eigenvalue weighted by Crippen LogP contribution is -2.26. The first-order valence-corrected chi connectivity index (χ1v) is 7.60. The summed E-state index contributed by atoms with van der Waals surface area (Å²) < 4.78 is 45.3. The summed E-state index contributed by atoms with van der Waals surface area (Å²) in [6.07, 6.45) is 0. The third kappa shape index (κ3) is 3.81. The van der Waals surface area contributed by atoms with Gasteiger partial charge in [0, 0.05) is 11.8 Å². The van der Waals surface area contributed by atoms with Crippen LogP contribution in [0.1, 0.15) is 10.5 Å². The maximum Gasteiger partial charge on any atom is 0.280 e. The lowest BCUT2D eigenvalue weighted by atomic mass is 10.2. The SMILES string of the molecule is COc1cc(=O)n(-c2ccc(F)cc2)nc1C(=O)Nc1ccc(F)c(F)c1. The molecule has 0 fully saturated rings. The second-order valence-electron chi connectivity index (χ2n) is 5.37. The summed E-state index contributed by atoms with van der Waals surface area (Å²) in [5.41, 5.74) is -0.665. The van der Waals surface area contributed by atoms with E-state index in [0.29, 0.717) is 0 Å². The number of hydrogen-bond acceptors (Lipinski definition) is 4. The van der Waals surface area contributed by atoms with Crippen molar-refractivity contribution in [3.63, 3.8) is 0 Å². The lowest BCUT2D eigenvalue weighted by Gasteiger charge is -2.11. The minimum atomic E-state index is -1.14. The maximum absolute atomic E-state index is 13.3. The van der Waals surface area contributed by atoms with Crippen LogP contribution in [0.4, 0.5) is 18.9 Å². The molecule has 6 nitrogen and oxygen atoms in total. The van der Waals surface area contributed by atoms with Gasteiger partial charge in [-0.2, -0.15) is 9.78 Å². The second-order valence-corrected chi connectivity index (χ2v) is 5.37. The molecule has 1 heterocycles. The largest absolute Gasteiger partial charge is 0.494 e.